The number of para-hydroxylation sites is 1. The SMILES string of the molecule is CCC[C@H](C)NC(=O)CSc1nnc2cc(C)c3ccccc3n12. The van der Waals surface area contributed by atoms with Crippen molar-refractivity contribution in [1.29, 1.82) is 0 Å². The molecule has 0 saturated carbocycles. The number of hydrogen-bond donors (Lipinski definition) is 1. The van der Waals surface area contributed by atoms with Gasteiger partial charge < -0.3 is 5.32 Å². The molecule has 1 atom stereocenters. The highest BCUT2D eigenvalue weighted by Crippen LogP contribution is 2.25. The first kappa shape index (κ1) is 16.8. The summed E-state index contributed by atoms with van der Waals surface area (Å²) in [5.41, 5.74) is 3.06. The largest absolute Gasteiger partial charge is 0.353 e. The van der Waals surface area contributed by atoms with Crippen LogP contribution in [-0.2, 0) is 4.79 Å². The molecule has 0 aliphatic rings. The molecule has 6 heteroatoms. The number of carbonyl (C=O) groups excluding carboxylic acids is 1. The van der Waals surface area contributed by atoms with Gasteiger partial charge in [-0.3, -0.25) is 9.20 Å². The number of hydrogen-bond acceptors (Lipinski definition) is 4. The zero-order chi connectivity index (χ0) is 17.1. The maximum absolute atomic E-state index is 12.1. The molecule has 1 N–H and O–H groups in total. The summed E-state index contributed by atoms with van der Waals surface area (Å²) in [5.74, 6) is 0.381. The Balaban J connectivity index is 1.83. The topological polar surface area (TPSA) is 59.3 Å². The summed E-state index contributed by atoms with van der Waals surface area (Å²) < 4.78 is 2.02. The lowest BCUT2D eigenvalue weighted by molar-refractivity contribution is -0.119. The molecule has 0 spiro atoms. The first-order valence-electron chi connectivity index (χ1n) is 8.25. The molecule has 0 fully saturated rings. The molecule has 0 aliphatic heterocycles. The fourth-order valence-electron chi connectivity index (χ4n) is 2.92. The summed E-state index contributed by atoms with van der Waals surface area (Å²) in [6.45, 7) is 6.23. The summed E-state index contributed by atoms with van der Waals surface area (Å²) in [7, 11) is 0. The van der Waals surface area contributed by atoms with E-state index in [0.29, 0.717) is 5.75 Å². The highest BCUT2D eigenvalue weighted by atomic mass is 32.2. The van der Waals surface area contributed by atoms with Gasteiger partial charge in [-0.25, -0.2) is 0 Å². The molecule has 0 aliphatic carbocycles. The molecule has 24 heavy (non-hydrogen) atoms. The van der Waals surface area contributed by atoms with E-state index in [1.807, 2.05) is 29.5 Å². The molecule has 1 aromatic carbocycles. The zero-order valence-electron chi connectivity index (χ0n) is 14.2. The van der Waals surface area contributed by atoms with Gasteiger partial charge in [-0.1, -0.05) is 43.3 Å². The Hall–Kier alpha value is -2.08. The Morgan fingerprint density at radius 2 is 2.12 bits per heavy atom. The van der Waals surface area contributed by atoms with Crippen LogP contribution in [0.2, 0.25) is 0 Å². The van der Waals surface area contributed by atoms with E-state index in [1.165, 1.54) is 22.7 Å². The molecule has 5 nitrogen and oxygen atoms in total. The number of aryl methyl sites for hydroxylation is 1. The van der Waals surface area contributed by atoms with Crippen LogP contribution >= 0.6 is 11.8 Å². The van der Waals surface area contributed by atoms with Crippen LogP contribution in [0.3, 0.4) is 0 Å². The molecule has 126 valence electrons. The third kappa shape index (κ3) is 3.38. The van der Waals surface area contributed by atoms with Gasteiger partial charge in [-0.05, 0) is 38.0 Å². The predicted molar refractivity (Wildman–Crippen MR) is 98.5 cm³/mol. The van der Waals surface area contributed by atoms with Gasteiger partial charge in [0.15, 0.2) is 10.8 Å². The zero-order valence-corrected chi connectivity index (χ0v) is 15.1. The normalized spacial score (nSPS) is 12.6. The summed E-state index contributed by atoms with van der Waals surface area (Å²) >= 11 is 1.42. The van der Waals surface area contributed by atoms with Crippen molar-refractivity contribution in [2.75, 3.05) is 5.75 Å². The number of carbonyl (C=O) groups is 1. The second kappa shape index (κ2) is 7.21. The molecule has 0 saturated heterocycles. The summed E-state index contributed by atoms with van der Waals surface area (Å²) in [6, 6.07) is 10.4. The van der Waals surface area contributed by atoms with Crippen molar-refractivity contribution in [2.24, 2.45) is 0 Å². The maximum atomic E-state index is 12.1. The van der Waals surface area contributed by atoms with Crippen LogP contribution < -0.4 is 5.32 Å². The van der Waals surface area contributed by atoms with E-state index in [4.69, 9.17) is 0 Å². The van der Waals surface area contributed by atoms with Crippen molar-refractivity contribution in [3.8, 4) is 0 Å². The molecule has 1 amide bonds. The highest BCUT2D eigenvalue weighted by Gasteiger charge is 2.13. The van der Waals surface area contributed by atoms with E-state index in [2.05, 4.69) is 41.5 Å². The second-order valence-electron chi connectivity index (χ2n) is 6.07. The van der Waals surface area contributed by atoms with Crippen LogP contribution in [0, 0.1) is 6.92 Å². The molecule has 0 unspecified atom stereocenters. The minimum atomic E-state index is 0.0362. The molecule has 0 bridgehead atoms. The summed E-state index contributed by atoms with van der Waals surface area (Å²) in [4.78, 5) is 12.1. The lowest BCUT2D eigenvalue weighted by Crippen LogP contribution is -2.33. The number of aromatic nitrogens is 3. The molecular weight excluding hydrogens is 320 g/mol. The van der Waals surface area contributed by atoms with Gasteiger partial charge in [0.1, 0.15) is 0 Å². The summed E-state index contributed by atoms with van der Waals surface area (Å²) in [5, 5.41) is 13.5. The Morgan fingerprint density at radius 3 is 2.92 bits per heavy atom. The third-order valence-electron chi connectivity index (χ3n) is 4.04. The summed E-state index contributed by atoms with van der Waals surface area (Å²) in [6.07, 6.45) is 2.06. The number of nitrogens with zero attached hydrogens (tertiary/aromatic N) is 3. The molecule has 3 rings (SSSR count). The molecule has 2 aromatic heterocycles. The van der Waals surface area contributed by atoms with Gasteiger partial charge in [0.2, 0.25) is 5.91 Å². The van der Waals surface area contributed by atoms with Crippen molar-refractivity contribution in [1.82, 2.24) is 19.9 Å². The van der Waals surface area contributed by atoms with Crippen molar-refractivity contribution >= 4 is 34.2 Å². The number of pyridine rings is 1. The van der Waals surface area contributed by atoms with Crippen LogP contribution in [0.5, 0.6) is 0 Å². The van der Waals surface area contributed by atoms with Gasteiger partial charge in [0.05, 0.1) is 11.3 Å². The number of rotatable bonds is 6. The number of thioether (sulfide) groups is 1. The lowest BCUT2D eigenvalue weighted by atomic mass is 10.1. The smallest absolute Gasteiger partial charge is 0.230 e. The number of amides is 1. The van der Waals surface area contributed by atoms with Crippen LogP contribution in [0.15, 0.2) is 35.5 Å². The standard InChI is InChI=1S/C18H22N4OS/c1-4-7-13(3)19-17(23)11-24-18-21-20-16-10-12(2)14-8-5-6-9-15(14)22(16)18/h5-6,8-10,13H,4,7,11H2,1-3H3,(H,19,23)/t13-/m0/s1. The Bertz CT molecular complexity index is 874. The number of fused-ring (bicyclic) bond motifs is 3. The first-order chi connectivity index (χ1) is 11.6. The van der Waals surface area contributed by atoms with Crippen LogP contribution in [0.4, 0.5) is 0 Å². The Kier molecular flexibility index (Phi) is 5.04. The van der Waals surface area contributed by atoms with Crippen molar-refractivity contribution < 1.29 is 4.79 Å². The quantitative estimate of drug-likeness (QED) is 0.696. The molecule has 0 radical (unpaired) electrons. The average Bonchev–Trinajstić information content (AvgIpc) is 2.96. The first-order valence-corrected chi connectivity index (χ1v) is 9.24. The van der Waals surface area contributed by atoms with E-state index in [0.717, 1.165) is 29.2 Å². The second-order valence-corrected chi connectivity index (χ2v) is 7.01. The average molecular weight is 342 g/mol. The van der Waals surface area contributed by atoms with E-state index in [9.17, 15) is 4.79 Å². The number of benzene rings is 1. The van der Waals surface area contributed by atoms with Gasteiger partial charge in [0, 0.05) is 11.4 Å². The van der Waals surface area contributed by atoms with Gasteiger partial charge in [-0.2, -0.15) is 0 Å². The van der Waals surface area contributed by atoms with Crippen molar-refractivity contribution in [3.63, 3.8) is 0 Å². The maximum Gasteiger partial charge on any atom is 0.230 e. The van der Waals surface area contributed by atoms with E-state index >= 15 is 0 Å². The van der Waals surface area contributed by atoms with Crippen LogP contribution in [-0.4, -0.2) is 32.3 Å². The Morgan fingerprint density at radius 1 is 1.33 bits per heavy atom. The minimum Gasteiger partial charge on any atom is -0.353 e. The van der Waals surface area contributed by atoms with Crippen LogP contribution in [0.25, 0.3) is 16.6 Å². The van der Waals surface area contributed by atoms with E-state index in [-0.39, 0.29) is 11.9 Å². The predicted octanol–water partition coefficient (Wildman–Crippen LogP) is 3.59. The monoisotopic (exact) mass is 342 g/mol. The van der Waals surface area contributed by atoms with Crippen LogP contribution in [0.1, 0.15) is 32.3 Å². The van der Waals surface area contributed by atoms with E-state index < -0.39 is 0 Å². The minimum absolute atomic E-state index is 0.0362. The van der Waals surface area contributed by atoms with Crippen molar-refractivity contribution in [3.05, 3.63) is 35.9 Å². The fourth-order valence-corrected chi connectivity index (χ4v) is 3.68. The highest BCUT2D eigenvalue weighted by molar-refractivity contribution is 7.99. The van der Waals surface area contributed by atoms with E-state index in [1.54, 1.807) is 0 Å². The number of nitrogens with one attached hydrogen (secondary N) is 1. The molecule has 2 heterocycles. The lowest BCUT2D eigenvalue weighted by Gasteiger charge is -2.12. The van der Waals surface area contributed by atoms with Gasteiger partial charge >= 0.3 is 0 Å². The fraction of sp³-hybridized carbons (Fsp3) is 0.389. The molecule has 3 aromatic rings. The van der Waals surface area contributed by atoms with Crippen molar-refractivity contribution in [2.45, 2.75) is 44.8 Å². The third-order valence-corrected chi connectivity index (χ3v) is 4.96. The van der Waals surface area contributed by atoms with Gasteiger partial charge in [0.25, 0.3) is 0 Å². The Labute approximate surface area is 145 Å². The van der Waals surface area contributed by atoms with Gasteiger partial charge in [-0.15, -0.1) is 10.2 Å². The molecular formula is C18H22N4OS.